The summed E-state index contributed by atoms with van der Waals surface area (Å²) >= 11 is 0. The fraction of sp³-hybridized carbons (Fsp3) is 0.941. The van der Waals surface area contributed by atoms with E-state index in [-0.39, 0.29) is 12.0 Å². The van der Waals surface area contributed by atoms with Crippen LogP contribution in [0.5, 0.6) is 0 Å². The summed E-state index contributed by atoms with van der Waals surface area (Å²) < 4.78 is 0. The topological polar surface area (TPSA) is 40.5 Å². The van der Waals surface area contributed by atoms with E-state index in [1.807, 2.05) is 0 Å². The number of hydrogen-bond acceptors (Lipinski definition) is 2. The first-order valence-corrected chi connectivity index (χ1v) is 8.58. The molecule has 0 saturated heterocycles. The maximum atomic E-state index is 11.7. The third-order valence-corrected chi connectivity index (χ3v) is 5.09. The molecule has 0 bridgehead atoms. The minimum atomic E-state index is -0.566. The highest BCUT2D eigenvalue weighted by atomic mass is 16.4. The van der Waals surface area contributed by atoms with Crippen LogP contribution in [0, 0.1) is 11.8 Å². The van der Waals surface area contributed by atoms with Gasteiger partial charge in [0.05, 0.1) is 5.92 Å². The van der Waals surface area contributed by atoms with Gasteiger partial charge in [-0.1, -0.05) is 46.0 Å². The Morgan fingerprint density at radius 2 is 1.65 bits per heavy atom. The summed E-state index contributed by atoms with van der Waals surface area (Å²) in [6.45, 7) is 5.59. The lowest BCUT2D eigenvalue weighted by atomic mass is 9.91. The quantitative estimate of drug-likeness (QED) is 0.776. The van der Waals surface area contributed by atoms with E-state index in [0.29, 0.717) is 12.0 Å². The number of carboxylic acid groups (broad SMARTS) is 1. The fourth-order valence-electron chi connectivity index (χ4n) is 4.19. The zero-order valence-electron chi connectivity index (χ0n) is 13.2. The maximum Gasteiger partial charge on any atom is 0.308 e. The van der Waals surface area contributed by atoms with Gasteiger partial charge in [0, 0.05) is 18.6 Å². The molecule has 0 aliphatic heterocycles. The van der Waals surface area contributed by atoms with Gasteiger partial charge in [-0.15, -0.1) is 0 Å². The average Bonchev–Trinajstić information content (AvgIpc) is 2.79. The lowest BCUT2D eigenvalue weighted by molar-refractivity contribution is -0.145. The largest absolute Gasteiger partial charge is 0.481 e. The van der Waals surface area contributed by atoms with Gasteiger partial charge >= 0.3 is 5.97 Å². The van der Waals surface area contributed by atoms with Crippen LogP contribution < -0.4 is 0 Å². The lowest BCUT2D eigenvalue weighted by Crippen LogP contribution is -2.49. The normalized spacial score (nSPS) is 29.0. The highest BCUT2D eigenvalue weighted by Gasteiger charge is 2.37. The van der Waals surface area contributed by atoms with Crippen LogP contribution in [0.1, 0.15) is 71.6 Å². The van der Waals surface area contributed by atoms with Crippen LogP contribution >= 0.6 is 0 Å². The number of aliphatic carboxylic acids is 1. The van der Waals surface area contributed by atoms with E-state index in [2.05, 4.69) is 18.7 Å². The van der Waals surface area contributed by atoms with Crippen LogP contribution in [0.3, 0.4) is 0 Å². The zero-order valence-corrected chi connectivity index (χ0v) is 13.2. The molecule has 3 heteroatoms. The number of nitrogens with zero attached hydrogens (tertiary/aromatic N) is 1. The highest BCUT2D eigenvalue weighted by Crippen LogP contribution is 2.34. The molecule has 0 aromatic rings. The molecule has 2 saturated carbocycles. The Bertz CT molecular complexity index is 310. The first kappa shape index (κ1) is 15.8. The predicted molar refractivity (Wildman–Crippen MR) is 81.8 cm³/mol. The Kier molecular flexibility index (Phi) is 5.88. The first-order valence-electron chi connectivity index (χ1n) is 8.58. The van der Waals surface area contributed by atoms with Gasteiger partial charge in [0.15, 0.2) is 0 Å². The predicted octanol–water partition coefficient (Wildman–Crippen LogP) is 3.92. The van der Waals surface area contributed by atoms with Gasteiger partial charge in [0.1, 0.15) is 0 Å². The third kappa shape index (κ3) is 3.97. The molecule has 1 N–H and O–H groups in total. The van der Waals surface area contributed by atoms with Crippen molar-refractivity contribution in [3.8, 4) is 0 Å². The lowest BCUT2D eigenvalue weighted by Gasteiger charge is -2.40. The second-order valence-electron chi connectivity index (χ2n) is 7.18. The van der Waals surface area contributed by atoms with Crippen LogP contribution in [-0.2, 0) is 4.79 Å². The SMILES string of the molecule is CC(C)CN(C1CCCC1)C1CCCCCC1C(=O)O. The molecule has 2 rings (SSSR count). The highest BCUT2D eigenvalue weighted by molar-refractivity contribution is 5.71. The summed E-state index contributed by atoms with van der Waals surface area (Å²) in [6.07, 6.45) is 10.7. The summed E-state index contributed by atoms with van der Waals surface area (Å²) in [6, 6.07) is 0.919. The van der Waals surface area contributed by atoms with Crippen molar-refractivity contribution < 1.29 is 9.90 Å². The van der Waals surface area contributed by atoms with E-state index < -0.39 is 5.97 Å². The van der Waals surface area contributed by atoms with E-state index in [0.717, 1.165) is 25.8 Å². The maximum absolute atomic E-state index is 11.7. The Morgan fingerprint density at radius 1 is 1.05 bits per heavy atom. The standard InChI is InChI=1S/C17H31NO2/c1-13(2)12-18(14-8-6-7-9-14)16-11-5-3-4-10-15(16)17(19)20/h13-16H,3-12H2,1-2H3,(H,19,20). The van der Waals surface area contributed by atoms with Crippen molar-refractivity contribution >= 4 is 5.97 Å². The molecular formula is C17H31NO2. The minimum absolute atomic E-state index is 0.142. The molecule has 0 aromatic carbocycles. The molecule has 20 heavy (non-hydrogen) atoms. The van der Waals surface area contributed by atoms with E-state index in [9.17, 15) is 9.90 Å². The first-order chi connectivity index (χ1) is 9.59. The Balaban J connectivity index is 2.15. The summed E-state index contributed by atoms with van der Waals surface area (Å²) in [7, 11) is 0. The molecule has 0 aromatic heterocycles. The molecule has 2 unspecified atom stereocenters. The molecule has 116 valence electrons. The summed E-state index contributed by atoms with van der Waals surface area (Å²) in [5, 5.41) is 9.63. The van der Waals surface area contributed by atoms with Gasteiger partial charge in [0.25, 0.3) is 0 Å². The number of carbonyl (C=O) groups is 1. The Morgan fingerprint density at radius 3 is 2.25 bits per heavy atom. The summed E-state index contributed by atoms with van der Waals surface area (Å²) in [4.78, 5) is 14.3. The minimum Gasteiger partial charge on any atom is -0.481 e. The van der Waals surface area contributed by atoms with Gasteiger partial charge in [0.2, 0.25) is 0 Å². The fourth-order valence-corrected chi connectivity index (χ4v) is 4.19. The van der Waals surface area contributed by atoms with Gasteiger partial charge in [-0.05, 0) is 31.6 Å². The van der Waals surface area contributed by atoms with Gasteiger partial charge < -0.3 is 5.11 Å². The zero-order chi connectivity index (χ0) is 14.5. The van der Waals surface area contributed by atoms with Crippen LogP contribution in [0.4, 0.5) is 0 Å². The molecule has 0 radical (unpaired) electrons. The van der Waals surface area contributed by atoms with E-state index in [1.165, 1.54) is 38.5 Å². The van der Waals surface area contributed by atoms with E-state index in [4.69, 9.17) is 0 Å². The second-order valence-corrected chi connectivity index (χ2v) is 7.18. The molecule has 3 nitrogen and oxygen atoms in total. The molecule has 0 spiro atoms. The molecule has 2 aliphatic rings. The molecular weight excluding hydrogens is 250 g/mol. The van der Waals surface area contributed by atoms with Crippen LogP contribution in [-0.4, -0.2) is 34.6 Å². The van der Waals surface area contributed by atoms with E-state index in [1.54, 1.807) is 0 Å². The summed E-state index contributed by atoms with van der Waals surface area (Å²) in [5.41, 5.74) is 0. The number of hydrogen-bond donors (Lipinski definition) is 1. The molecule has 0 heterocycles. The van der Waals surface area contributed by atoms with E-state index >= 15 is 0 Å². The second kappa shape index (κ2) is 7.44. The Hall–Kier alpha value is -0.570. The van der Waals surface area contributed by atoms with Crippen molar-refractivity contribution in [3.05, 3.63) is 0 Å². The molecule has 2 aliphatic carbocycles. The summed E-state index contributed by atoms with van der Waals surface area (Å²) in [5.74, 6) is -0.0891. The smallest absolute Gasteiger partial charge is 0.308 e. The monoisotopic (exact) mass is 281 g/mol. The van der Waals surface area contributed by atoms with Crippen molar-refractivity contribution in [1.29, 1.82) is 0 Å². The molecule has 0 amide bonds. The number of carboxylic acids is 1. The van der Waals surface area contributed by atoms with Crippen molar-refractivity contribution in [2.24, 2.45) is 11.8 Å². The average molecular weight is 281 g/mol. The van der Waals surface area contributed by atoms with Crippen LogP contribution in [0.25, 0.3) is 0 Å². The third-order valence-electron chi connectivity index (χ3n) is 5.09. The molecule has 2 atom stereocenters. The van der Waals surface area contributed by atoms with Gasteiger partial charge in [-0.2, -0.15) is 0 Å². The van der Waals surface area contributed by atoms with Crippen molar-refractivity contribution in [3.63, 3.8) is 0 Å². The van der Waals surface area contributed by atoms with Gasteiger partial charge in [-0.25, -0.2) is 0 Å². The molecule has 2 fully saturated rings. The van der Waals surface area contributed by atoms with Crippen molar-refractivity contribution in [2.75, 3.05) is 6.54 Å². The van der Waals surface area contributed by atoms with Gasteiger partial charge in [-0.3, -0.25) is 9.69 Å². The van der Waals surface area contributed by atoms with Crippen LogP contribution in [0.15, 0.2) is 0 Å². The number of rotatable bonds is 5. The van der Waals surface area contributed by atoms with Crippen molar-refractivity contribution in [2.45, 2.75) is 83.7 Å². The van der Waals surface area contributed by atoms with Crippen molar-refractivity contribution in [1.82, 2.24) is 4.90 Å². The van der Waals surface area contributed by atoms with Crippen LogP contribution in [0.2, 0.25) is 0 Å². The Labute approximate surface area is 123 Å².